The summed E-state index contributed by atoms with van der Waals surface area (Å²) in [5.74, 6) is -0.541. The van der Waals surface area contributed by atoms with Gasteiger partial charge in [-0.05, 0) is 67.6 Å². The topological polar surface area (TPSA) is 64.0 Å². The quantitative estimate of drug-likeness (QED) is 0.307. The van der Waals surface area contributed by atoms with Crippen molar-refractivity contribution in [3.8, 4) is 5.69 Å². The molecule has 5 nitrogen and oxygen atoms in total. The number of halogens is 1. The van der Waals surface area contributed by atoms with Gasteiger partial charge in [-0.1, -0.05) is 54.2 Å². The van der Waals surface area contributed by atoms with Crippen molar-refractivity contribution < 1.29 is 9.18 Å². The van der Waals surface area contributed by atoms with Crippen LogP contribution in [-0.4, -0.2) is 21.5 Å². The van der Waals surface area contributed by atoms with E-state index in [1.54, 1.807) is 28.8 Å². The van der Waals surface area contributed by atoms with Gasteiger partial charge in [0.1, 0.15) is 11.1 Å². The van der Waals surface area contributed by atoms with Crippen LogP contribution < -0.4 is 10.9 Å². The summed E-state index contributed by atoms with van der Waals surface area (Å²) in [7, 11) is 0. The fourth-order valence-corrected chi connectivity index (χ4v) is 5.18. The van der Waals surface area contributed by atoms with Gasteiger partial charge in [-0.25, -0.2) is 9.37 Å². The van der Waals surface area contributed by atoms with E-state index in [0.717, 1.165) is 29.7 Å². The third-order valence-electron chi connectivity index (χ3n) is 5.97. The minimum Gasteiger partial charge on any atom is -0.352 e. The number of rotatable bonds is 6. The fraction of sp³-hybridized carbons (Fsp3) is 0.222. The zero-order chi connectivity index (χ0) is 23.8. The number of amides is 1. The summed E-state index contributed by atoms with van der Waals surface area (Å²) in [5, 5.41) is 3.29. The predicted molar refractivity (Wildman–Crippen MR) is 133 cm³/mol. The third kappa shape index (κ3) is 4.35. The second kappa shape index (κ2) is 9.06. The van der Waals surface area contributed by atoms with Crippen molar-refractivity contribution in [2.45, 2.75) is 43.1 Å². The summed E-state index contributed by atoms with van der Waals surface area (Å²) in [4.78, 5) is 31.8. The Hall–Kier alpha value is -3.45. The number of hydrogen-bond donors (Lipinski definition) is 1. The standard InChI is InChI=1S/C27H24FN3O2S/c1-16-6-5-7-17(2)23(16)31-26(33)21-8-3-4-9-22(21)30-27(31)34-24(25(32)29-20-14-15-20)18-10-12-19(28)13-11-18/h3-13,20,24H,14-15H2,1-2H3,(H,29,32). The van der Waals surface area contributed by atoms with Crippen molar-refractivity contribution in [1.29, 1.82) is 0 Å². The molecule has 1 heterocycles. The summed E-state index contributed by atoms with van der Waals surface area (Å²) in [6.07, 6.45) is 1.90. The van der Waals surface area contributed by atoms with Crippen LogP contribution in [-0.2, 0) is 4.79 Å². The van der Waals surface area contributed by atoms with Gasteiger partial charge >= 0.3 is 0 Å². The summed E-state index contributed by atoms with van der Waals surface area (Å²) >= 11 is 1.21. The highest BCUT2D eigenvalue weighted by Crippen LogP contribution is 2.37. The molecule has 0 radical (unpaired) electrons. The lowest BCUT2D eigenvalue weighted by Crippen LogP contribution is -2.31. The predicted octanol–water partition coefficient (Wildman–Crippen LogP) is 5.25. The number of benzene rings is 3. The maximum atomic E-state index is 13.7. The van der Waals surface area contributed by atoms with Crippen LogP contribution in [0.25, 0.3) is 16.6 Å². The molecule has 34 heavy (non-hydrogen) atoms. The van der Waals surface area contributed by atoms with E-state index < -0.39 is 5.25 Å². The Morgan fingerprint density at radius 1 is 1.03 bits per heavy atom. The number of carbonyl (C=O) groups excluding carboxylic acids is 1. The summed E-state index contributed by atoms with van der Waals surface area (Å²) < 4.78 is 15.2. The first-order valence-electron chi connectivity index (χ1n) is 11.2. The lowest BCUT2D eigenvalue weighted by molar-refractivity contribution is -0.120. The highest BCUT2D eigenvalue weighted by molar-refractivity contribution is 8.00. The van der Waals surface area contributed by atoms with E-state index in [-0.39, 0.29) is 23.3 Å². The van der Waals surface area contributed by atoms with E-state index in [4.69, 9.17) is 4.98 Å². The number of aryl methyl sites for hydroxylation is 2. The molecule has 1 N–H and O–H groups in total. The van der Waals surface area contributed by atoms with E-state index in [9.17, 15) is 14.0 Å². The lowest BCUT2D eigenvalue weighted by atomic mass is 10.1. The molecule has 1 unspecified atom stereocenters. The van der Waals surface area contributed by atoms with Gasteiger partial charge in [-0.2, -0.15) is 0 Å². The first-order chi connectivity index (χ1) is 16.4. The zero-order valence-corrected chi connectivity index (χ0v) is 19.7. The Bertz CT molecular complexity index is 1420. The number of aromatic nitrogens is 2. The van der Waals surface area contributed by atoms with Crippen LogP contribution in [0.4, 0.5) is 4.39 Å². The van der Waals surface area contributed by atoms with Crippen molar-refractivity contribution in [2.24, 2.45) is 0 Å². The maximum Gasteiger partial charge on any atom is 0.266 e. The molecule has 3 aromatic carbocycles. The molecule has 0 bridgehead atoms. The van der Waals surface area contributed by atoms with Crippen LogP contribution in [0.3, 0.4) is 0 Å². The van der Waals surface area contributed by atoms with E-state index in [1.807, 2.05) is 44.2 Å². The van der Waals surface area contributed by atoms with Crippen LogP contribution in [0.15, 0.2) is 76.7 Å². The van der Waals surface area contributed by atoms with Gasteiger partial charge in [0.2, 0.25) is 5.91 Å². The van der Waals surface area contributed by atoms with Gasteiger partial charge < -0.3 is 5.32 Å². The number of carbonyl (C=O) groups is 1. The van der Waals surface area contributed by atoms with Crippen LogP contribution in [0, 0.1) is 19.7 Å². The molecular formula is C27H24FN3O2S. The largest absolute Gasteiger partial charge is 0.352 e. The van der Waals surface area contributed by atoms with Gasteiger partial charge in [0.05, 0.1) is 16.6 Å². The normalized spacial score (nSPS) is 14.2. The minimum absolute atomic E-state index is 0.168. The Kier molecular flexibility index (Phi) is 5.96. The minimum atomic E-state index is -0.690. The first kappa shape index (κ1) is 22.3. The number of hydrogen-bond acceptors (Lipinski definition) is 4. The molecule has 1 saturated carbocycles. The van der Waals surface area contributed by atoms with Gasteiger partial charge in [0, 0.05) is 6.04 Å². The SMILES string of the molecule is Cc1cccc(C)c1-n1c(SC(C(=O)NC2CC2)c2ccc(F)cc2)nc2ccccc2c1=O. The summed E-state index contributed by atoms with van der Waals surface area (Å²) in [6, 6.07) is 19.2. The molecule has 1 atom stereocenters. The number of nitrogens with zero attached hydrogens (tertiary/aromatic N) is 2. The Morgan fingerprint density at radius 3 is 2.38 bits per heavy atom. The molecule has 5 rings (SSSR count). The van der Waals surface area contributed by atoms with E-state index in [2.05, 4.69) is 5.32 Å². The van der Waals surface area contributed by atoms with Crippen LogP contribution in [0.5, 0.6) is 0 Å². The lowest BCUT2D eigenvalue weighted by Gasteiger charge is -2.21. The van der Waals surface area contributed by atoms with Crippen molar-refractivity contribution in [3.63, 3.8) is 0 Å². The summed E-state index contributed by atoms with van der Waals surface area (Å²) in [6.45, 7) is 3.91. The van der Waals surface area contributed by atoms with Crippen LogP contribution in [0.1, 0.15) is 34.8 Å². The van der Waals surface area contributed by atoms with Gasteiger partial charge in [0.15, 0.2) is 5.16 Å². The Balaban J connectivity index is 1.70. The second-order valence-corrected chi connectivity index (χ2v) is 9.70. The number of fused-ring (bicyclic) bond motifs is 1. The molecule has 1 fully saturated rings. The average Bonchev–Trinajstić information content (AvgIpc) is 3.63. The Morgan fingerprint density at radius 2 is 1.71 bits per heavy atom. The maximum absolute atomic E-state index is 13.7. The molecule has 1 aliphatic rings. The zero-order valence-electron chi connectivity index (χ0n) is 18.9. The van der Waals surface area contributed by atoms with Crippen molar-refractivity contribution in [1.82, 2.24) is 14.9 Å². The summed E-state index contributed by atoms with van der Waals surface area (Å²) in [5.41, 5.74) is 3.65. The Labute approximate surface area is 201 Å². The molecule has 7 heteroatoms. The van der Waals surface area contributed by atoms with E-state index >= 15 is 0 Å². The monoisotopic (exact) mass is 473 g/mol. The molecular weight excluding hydrogens is 449 g/mol. The molecule has 4 aromatic rings. The van der Waals surface area contributed by atoms with E-state index in [1.165, 1.54) is 23.9 Å². The second-order valence-electron chi connectivity index (χ2n) is 8.62. The molecule has 1 aliphatic carbocycles. The smallest absolute Gasteiger partial charge is 0.266 e. The average molecular weight is 474 g/mol. The van der Waals surface area contributed by atoms with Crippen molar-refractivity contribution in [3.05, 3.63) is 99.6 Å². The van der Waals surface area contributed by atoms with Crippen molar-refractivity contribution in [2.75, 3.05) is 0 Å². The molecule has 0 spiro atoms. The molecule has 1 aromatic heterocycles. The molecule has 0 saturated heterocycles. The van der Waals surface area contributed by atoms with Crippen LogP contribution in [0.2, 0.25) is 0 Å². The number of nitrogens with one attached hydrogen (secondary N) is 1. The first-order valence-corrected chi connectivity index (χ1v) is 12.1. The highest BCUT2D eigenvalue weighted by atomic mass is 32.2. The number of thioether (sulfide) groups is 1. The third-order valence-corrected chi connectivity index (χ3v) is 7.17. The number of para-hydroxylation sites is 2. The van der Waals surface area contributed by atoms with Crippen molar-refractivity contribution >= 4 is 28.6 Å². The molecule has 0 aliphatic heterocycles. The van der Waals surface area contributed by atoms with Gasteiger partial charge in [-0.15, -0.1) is 0 Å². The molecule has 1 amide bonds. The fourth-order valence-electron chi connectivity index (χ4n) is 4.07. The highest BCUT2D eigenvalue weighted by Gasteiger charge is 2.31. The van der Waals surface area contributed by atoms with Gasteiger partial charge in [0.25, 0.3) is 5.56 Å². The van der Waals surface area contributed by atoms with Gasteiger partial charge in [-0.3, -0.25) is 14.2 Å². The van der Waals surface area contributed by atoms with Crippen LogP contribution >= 0.6 is 11.8 Å². The van der Waals surface area contributed by atoms with E-state index in [0.29, 0.717) is 21.6 Å². The molecule has 172 valence electrons.